The molecule has 0 aromatic heterocycles. The molecule has 1 heterocycles. The molecule has 0 aliphatic carbocycles. The van der Waals surface area contributed by atoms with Gasteiger partial charge < -0.3 is 10.6 Å². The van der Waals surface area contributed by atoms with Crippen LogP contribution in [0.3, 0.4) is 0 Å². The third-order valence-corrected chi connectivity index (χ3v) is 4.53. The molecular formula is C14H21BrFN3. The minimum absolute atomic E-state index is 0.168. The van der Waals surface area contributed by atoms with E-state index in [0.29, 0.717) is 17.1 Å². The molecule has 0 saturated carbocycles. The van der Waals surface area contributed by atoms with Gasteiger partial charge in [0.25, 0.3) is 0 Å². The van der Waals surface area contributed by atoms with Gasteiger partial charge in [-0.2, -0.15) is 0 Å². The van der Waals surface area contributed by atoms with Crippen molar-refractivity contribution in [2.45, 2.75) is 18.5 Å². The highest BCUT2D eigenvalue weighted by Gasteiger charge is 2.29. The highest BCUT2D eigenvalue weighted by atomic mass is 79.9. The fourth-order valence-electron chi connectivity index (χ4n) is 2.69. The predicted molar refractivity (Wildman–Crippen MR) is 79.6 cm³/mol. The van der Waals surface area contributed by atoms with Crippen molar-refractivity contribution in [2.75, 3.05) is 33.7 Å². The SMILES string of the molecule is CN(C)C1CCN(C(CN)c2ccc(F)c(Br)c2)C1. The van der Waals surface area contributed by atoms with Crippen molar-refractivity contribution >= 4 is 15.9 Å². The van der Waals surface area contributed by atoms with E-state index in [1.54, 1.807) is 0 Å². The second-order valence-corrected chi connectivity index (χ2v) is 6.18. The normalized spacial score (nSPS) is 22.1. The molecule has 0 spiro atoms. The summed E-state index contributed by atoms with van der Waals surface area (Å²) in [6.07, 6.45) is 1.16. The van der Waals surface area contributed by atoms with Gasteiger partial charge in [0.05, 0.1) is 4.47 Å². The summed E-state index contributed by atoms with van der Waals surface area (Å²) in [4.78, 5) is 4.65. The van der Waals surface area contributed by atoms with Crippen molar-refractivity contribution in [3.63, 3.8) is 0 Å². The van der Waals surface area contributed by atoms with E-state index in [9.17, 15) is 4.39 Å². The maximum absolute atomic E-state index is 13.3. The van der Waals surface area contributed by atoms with E-state index in [2.05, 4.69) is 39.8 Å². The van der Waals surface area contributed by atoms with E-state index in [4.69, 9.17) is 5.73 Å². The van der Waals surface area contributed by atoms with Gasteiger partial charge in [-0.05, 0) is 54.1 Å². The molecule has 1 saturated heterocycles. The highest BCUT2D eigenvalue weighted by Crippen LogP contribution is 2.28. The van der Waals surface area contributed by atoms with Crippen LogP contribution in [0.5, 0.6) is 0 Å². The molecule has 19 heavy (non-hydrogen) atoms. The lowest BCUT2D eigenvalue weighted by Gasteiger charge is -2.28. The Morgan fingerprint density at radius 3 is 2.79 bits per heavy atom. The fraction of sp³-hybridized carbons (Fsp3) is 0.571. The van der Waals surface area contributed by atoms with Gasteiger partial charge in [-0.3, -0.25) is 4.90 Å². The molecule has 1 aromatic rings. The quantitative estimate of drug-likeness (QED) is 0.919. The van der Waals surface area contributed by atoms with Crippen LogP contribution in [-0.2, 0) is 0 Å². The van der Waals surface area contributed by atoms with E-state index in [1.807, 2.05) is 12.1 Å². The molecule has 2 N–H and O–H groups in total. The monoisotopic (exact) mass is 329 g/mol. The van der Waals surface area contributed by atoms with Gasteiger partial charge in [0.2, 0.25) is 0 Å². The van der Waals surface area contributed by atoms with Crippen molar-refractivity contribution in [3.05, 3.63) is 34.1 Å². The number of likely N-dealkylation sites (tertiary alicyclic amines) is 1. The number of hydrogen-bond acceptors (Lipinski definition) is 3. The van der Waals surface area contributed by atoms with E-state index in [1.165, 1.54) is 6.07 Å². The topological polar surface area (TPSA) is 32.5 Å². The standard InChI is InChI=1S/C14H21BrFN3/c1-18(2)11-5-6-19(9-11)14(8-17)10-3-4-13(16)12(15)7-10/h3-4,7,11,14H,5-6,8-9,17H2,1-2H3. The van der Waals surface area contributed by atoms with Gasteiger partial charge in [-0.25, -0.2) is 4.39 Å². The molecule has 2 atom stereocenters. The van der Waals surface area contributed by atoms with Gasteiger partial charge in [-0.1, -0.05) is 6.07 Å². The van der Waals surface area contributed by atoms with Crippen molar-refractivity contribution in [3.8, 4) is 0 Å². The summed E-state index contributed by atoms with van der Waals surface area (Å²) in [6, 6.07) is 5.93. The lowest BCUT2D eigenvalue weighted by atomic mass is 10.1. The molecule has 0 radical (unpaired) electrons. The molecule has 0 amide bonds. The number of likely N-dealkylation sites (N-methyl/N-ethyl adjacent to an activating group) is 1. The number of nitrogens with two attached hydrogens (primary N) is 1. The Kier molecular flexibility index (Phi) is 4.95. The molecule has 3 nitrogen and oxygen atoms in total. The van der Waals surface area contributed by atoms with Crippen molar-refractivity contribution in [1.82, 2.24) is 9.80 Å². The summed E-state index contributed by atoms with van der Waals surface area (Å²) < 4.78 is 13.8. The van der Waals surface area contributed by atoms with Gasteiger partial charge in [0.1, 0.15) is 5.82 Å². The molecule has 1 aliphatic heterocycles. The van der Waals surface area contributed by atoms with Crippen LogP contribution < -0.4 is 5.73 Å². The van der Waals surface area contributed by atoms with E-state index < -0.39 is 0 Å². The molecular weight excluding hydrogens is 309 g/mol. The maximum Gasteiger partial charge on any atom is 0.137 e. The minimum atomic E-state index is -0.230. The molecule has 0 bridgehead atoms. The van der Waals surface area contributed by atoms with Crippen LogP contribution in [0.2, 0.25) is 0 Å². The summed E-state index contributed by atoms with van der Waals surface area (Å²) in [7, 11) is 4.22. The minimum Gasteiger partial charge on any atom is -0.329 e. The molecule has 106 valence electrons. The second kappa shape index (κ2) is 6.31. The van der Waals surface area contributed by atoms with Gasteiger partial charge in [0, 0.05) is 31.7 Å². The average molecular weight is 330 g/mol. The molecule has 2 unspecified atom stereocenters. The summed E-state index contributed by atoms with van der Waals surface area (Å²) in [5, 5.41) is 0. The van der Waals surface area contributed by atoms with E-state index in [-0.39, 0.29) is 11.9 Å². The third kappa shape index (κ3) is 3.34. The van der Waals surface area contributed by atoms with Gasteiger partial charge in [0.15, 0.2) is 0 Å². The zero-order valence-corrected chi connectivity index (χ0v) is 13.0. The lowest BCUT2D eigenvalue weighted by Crippen LogP contribution is -2.36. The Labute approximate surface area is 122 Å². The van der Waals surface area contributed by atoms with Crippen LogP contribution in [0, 0.1) is 5.82 Å². The largest absolute Gasteiger partial charge is 0.329 e. The van der Waals surface area contributed by atoms with E-state index >= 15 is 0 Å². The first-order valence-electron chi connectivity index (χ1n) is 6.58. The Morgan fingerprint density at radius 1 is 1.53 bits per heavy atom. The van der Waals surface area contributed by atoms with Gasteiger partial charge >= 0.3 is 0 Å². The van der Waals surface area contributed by atoms with Crippen LogP contribution in [-0.4, -0.2) is 49.6 Å². The number of benzene rings is 1. The average Bonchev–Trinajstić information content (AvgIpc) is 2.84. The summed E-state index contributed by atoms with van der Waals surface area (Å²) >= 11 is 3.24. The van der Waals surface area contributed by atoms with Crippen molar-refractivity contribution < 1.29 is 4.39 Å². The fourth-order valence-corrected chi connectivity index (χ4v) is 3.08. The predicted octanol–water partition coefficient (Wildman–Crippen LogP) is 2.22. The Balaban J connectivity index is 2.14. The molecule has 1 fully saturated rings. The highest BCUT2D eigenvalue weighted by molar-refractivity contribution is 9.10. The number of halogens is 2. The lowest BCUT2D eigenvalue weighted by molar-refractivity contribution is 0.220. The smallest absolute Gasteiger partial charge is 0.137 e. The van der Waals surface area contributed by atoms with Crippen LogP contribution >= 0.6 is 15.9 Å². The van der Waals surface area contributed by atoms with Crippen LogP contribution in [0.25, 0.3) is 0 Å². The first-order valence-corrected chi connectivity index (χ1v) is 7.37. The molecule has 1 aromatic carbocycles. The van der Waals surface area contributed by atoms with Crippen LogP contribution in [0.1, 0.15) is 18.0 Å². The Hall–Kier alpha value is -0.490. The van der Waals surface area contributed by atoms with Gasteiger partial charge in [-0.15, -0.1) is 0 Å². The summed E-state index contributed by atoms with van der Waals surface area (Å²) in [5.41, 5.74) is 7.01. The number of nitrogens with zero attached hydrogens (tertiary/aromatic N) is 2. The first kappa shape index (κ1) is 14.9. The Morgan fingerprint density at radius 2 is 2.26 bits per heavy atom. The summed E-state index contributed by atoms with van der Waals surface area (Å²) in [5.74, 6) is -0.230. The summed E-state index contributed by atoms with van der Waals surface area (Å²) in [6.45, 7) is 2.61. The van der Waals surface area contributed by atoms with E-state index in [0.717, 1.165) is 25.1 Å². The van der Waals surface area contributed by atoms with Crippen molar-refractivity contribution in [1.29, 1.82) is 0 Å². The van der Waals surface area contributed by atoms with Crippen LogP contribution in [0.4, 0.5) is 4.39 Å². The number of rotatable bonds is 4. The first-order chi connectivity index (χ1) is 9.02. The molecule has 5 heteroatoms. The molecule has 1 aliphatic rings. The zero-order valence-electron chi connectivity index (χ0n) is 11.4. The Bertz CT molecular complexity index is 439. The molecule has 2 rings (SSSR count). The second-order valence-electron chi connectivity index (χ2n) is 5.33. The zero-order chi connectivity index (χ0) is 14.0. The third-order valence-electron chi connectivity index (χ3n) is 3.92. The van der Waals surface area contributed by atoms with Crippen LogP contribution in [0.15, 0.2) is 22.7 Å². The van der Waals surface area contributed by atoms with Crippen molar-refractivity contribution in [2.24, 2.45) is 5.73 Å². The maximum atomic E-state index is 13.3. The number of hydrogen-bond donors (Lipinski definition) is 1.